The van der Waals surface area contributed by atoms with E-state index < -0.39 is 38.6 Å². The molecule has 1 saturated heterocycles. The molecule has 1 saturated carbocycles. The number of rotatable bonds is 7. The Morgan fingerprint density at radius 2 is 2.10 bits per heavy atom. The van der Waals surface area contributed by atoms with E-state index in [-0.39, 0.29) is 17.5 Å². The molecule has 0 radical (unpaired) electrons. The van der Waals surface area contributed by atoms with Crippen molar-refractivity contribution in [3.05, 3.63) is 11.6 Å². The molecule has 2 fully saturated rings. The van der Waals surface area contributed by atoms with Gasteiger partial charge in [-0.05, 0) is 24.4 Å². The van der Waals surface area contributed by atoms with E-state index in [0.29, 0.717) is 17.4 Å². The van der Waals surface area contributed by atoms with Gasteiger partial charge in [-0.2, -0.15) is 9.97 Å². The molecular formula is C17H24ClFN5O6P. The van der Waals surface area contributed by atoms with Gasteiger partial charge >= 0.3 is 7.60 Å². The van der Waals surface area contributed by atoms with Crippen LogP contribution in [0.2, 0.25) is 5.28 Å². The van der Waals surface area contributed by atoms with Crippen LogP contribution in [0.1, 0.15) is 31.9 Å². The van der Waals surface area contributed by atoms with E-state index in [1.165, 1.54) is 10.9 Å². The second-order valence-electron chi connectivity index (χ2n) is 7.85. The Kier molecular flexibility index (Phi) is 6.51. The molecule has 1 aliphatic carbocycles. The number of halogens is 2. The lowest BCUT2D eigenvalue weighted by atomic mass is 10.1. The Morgan fingerprint density at radius 3 is 2.77 bits per heavy atom. The Hall–Kier alpha value is -1.40. The van der Waals surface area contributed by atoms with Crippen molar-refractivity contribution in [1.82, 2.24) is 19.5 Å². The summed E-state index contributed by atoms with van der Waals surface area (Å²) in [6, 6.07) is 0.299. The van der Waals surface area contributed by atoms with E-state index in [1.54, 1.807) is 0 Å². The molecule has 3 N–H and O–H groups in total. The zero-order valence-electron chi connectivity index (χ0n) is 16.7. The summed E-state index contributed by atoms with van der Waals surface area (Å²) in [7, 11) is -2.48. The van der Waals surface area contributed by atoms with Gasteiger partial charge in [0.05, 0.1) is 12.9 Å². The average molecular weight is 480 g/mol. The summed E-state index contributed by atoms with van der Waals surface area (Å²) in [6.45, 7) is -0.388. The summed E-state index contributed by atoms with van der Waals surface area (Å²) in [5, 5.41) is 10.2. The van der Waals surface area contributed by atoms with Crippen LogP contribution in [0.3, 0.4) is 0 Å². The molecular weight excluding hydrogens is 456 g/mol. The number of hydrogen-bond donors (Lipinski definition) is 3. The SMILES string of the molecule is CN(c1nc(Cl)nc2c1ncn2[C@@H]1O[C@H](COCP(=O)(O)O)[C@@H](O)[C@@H]1F)C1CCCC1. The Bertz CT molecular complexity index is 985. The second-order valence-corrected chi connectivity index (χ2v) is 9.78. The van der Waals surface area contributed by atoms with Crippen LogP contribution in [0.15, 0.2) is 6.33 Å². The fourth-order valence-electron chi connectivity index (χ4n) is 4.13. The highest BCUT2D eigenvalue weighted by atomic mass is 35.5. The topological polar surface area (TPSA) is 143 Å². The van der Waals surface area contributed by atoms with Gasteiger partial charge in [0.1, 0.15) is 18.6 Å². The number of aliphatic hydroxyl groups excluding tert-OH is 1. The highest BCUT2D eigenvalue weighted by Gasteiger charge is 2.46. The number of fused-ring (bicyclic) bond motifs is 1. The van der Waals surface area contributed by atoms with Crippen molar-refractivity contribution < 1.29 is 33.3 Å². The van der Waals surface area contributed by atoms with E-state index >= 15 is 0 Å². The summed E-state index contributed by atoms with van der Waals surface area (Å²) in [4.78, 5) is 32.6. The zero-order chi connectivity index (χ0) is 22.3. The van der Waals surface area contributed by atoms with Crippen molar-refractivity contribution in [2.45, 2.75) is 56.3 Å². The van der Waals surface area contributed by atoms with Crippen LogP contribution in [0, 0.1) is 0 Å². The molecule has 31 heavy (non-hydrogen) atoms. The van der Waals surface area contributed by atoms with Crippen molar-refractivity contribution >= 4 is 36.2 Å². The first-order chi connectivity index (χ1) is 14.7. The van der Waals surface area contributed by atoms with Crippen molar-refractivity contribution in [3.63, 3.8) is 0 Å². The molecule has 2 aromatic heterocycles. The third-order valence-corrected chi connectivity index (χ3v) is 6.38. The van der Waals surface area contributed by atoms with Gasteiger partial charge in [-0.25, -0.2) is 9.37 Å². The molecule has 11 nitrogen and oxygen atoms in total. The second kappa shape index (κ2) is 8.86. The fourth-order valence-corrected chi connectivity index (χ4v) is 4.63. The van der Waals surface area contributed by atoms with Crippen LogP contribution in [0.5, 0.6) is 0 Å². The molecule has 2 aromatic rings. The third-order valence-electron chi connectivity index (χ3n) is 5.69. The highest BCUT2D eigenvalue weighted by molar-refractivity contribution is 7.51. The number of imidazole rings is 1. The number of nitrogens with zero attached hydrogens (tertiary/aromatic N) is 5. The predicted molar refractivity (Wildman–Crippen MR) is 109 cm³/mol. The number of aromatic nitrogens is 4. The van der Waals surface area contributed by atoms with Gasteiger partial charge in [0.2, 0.25) is 5.28 Å². The Labute approximate surface area is 182 Å². The number of ether oxygens (including phenoxy) is 2. The molecule has 0 spiro atoms. The number of aliphatic hydroxyl groups is 1. The van der Waals surface area contributed by atoms with Gasteiger partial charge < -0.3 is 29.3 Å². The first kappa shape index (κ1) is 22.8. The van der Waals surface area contributed by atoms with Gasteiger partial charge in [-0.1, -0.05) is 12.8 Å². The molecule has 0 unspecified atom stereocenters. The smallest absolute Gasteiger partial charge is 0.350 e. The highest BCUT2D eigenvalue weighted by Crippen LogP contribution is 2.38. The minimum Gasteiger partial charge on any atom is -0.387 e. The van der Waals surface area contributed by atoms with E-state index in [1.807, 2.05) is 11.9 Å². The lowest BCUT2D eigenvalue weighted by Crippen LogP contribution is -2.31. The molecule has 4 rings (SSSR count). The van der Waals surface area contributed by atoms with Crippen LogP contribution in [0.4, 0.5) is 10.2 Å². The summed E-state index contributed by atoms with van der Waals surface area (Å²) in [6.07, 6.45) is -0.964. The molecule has 4 atom stereocenters. The normalized spacial score (nSPS) is 27.4. The summed E-state index contributed by atoms with van der Waals surface area (Å²) >= 11 is 6.15. The van der Waals surface area contributed by atoms with Crippen molar-refractivity contribution in [1.29, 1.82) is 0 Å². The Balaban J connectivity index is 1.59. The van der Waals surface area contributed by atoms with Crippen molar-refractivity contribution in [3.8, 4) is 0 Å². The minimum absolute atomic E-state index is 0.0235. The standard InChI is InChI=1S/C17H24ClFN5O6P/c1-23(9-4-2-3-5-9)14-12-15(22-17(18)21-14)24(7-20-12)16-11(19)13(25)10(30-16)6-29-8-31(26,27)28/h7,9-11,13,16,25H,2-6,8H2,1H3,(H2,26,27,28)/t10-,11+,13-,16-/m1/s1. The molecule has 0 amide bonds. The Morgan fingerprint density at radius 1 is 1.39 bits per heavy atom. The van der Waals surface area contributed by atoms with Crippen LogP contribution in [-0.4, -0.2) is 78.8 Å². The maximum Gasteiger partial charge on any atom is 0.350 e. The van der Waals surface area contributed by atoms with Gasteiger partial charge in [0.15, 0.2) is 29.4 Å². The molecule has 1 aliphatic heterocycles. The first-order valence-corrected chi connectivity index (χ1v) is 12.1. The van der Waals surface area contributed by atoms with E-state index in [4.69, 9.17) is 30.9 Å². The van der Waals surface area contributed by atoms with E-state index in [9.17, 15) is 14.1 Å². The molecule has 14 heteroatoms. The maximum absolute atomic E-state index is 14.9. The third kappa shape index (κ3) is 4.70. The molecule has 2 aliphatic rings. The van der Waals surface area contributed by atoms with Crippen molar-refractivity contribution in [2.24, 2.45) is 0 Å². The lowest BCUT2D eigenvalue weighted by Gasteiger charge is -2.25. The zero-order valence-corrected chi connectivity index (χ0v) is 18.4. The molecule has 172 valence electrons. The molecule has 0 aromatic carbocycles. The summed E-state index contributed by atoms with van der Waals surface area (Å²) < 4.78 is 37.6. The molecule has 0 bridgehead atoms. The predicted octanol–water partition coefficient (Wildman–Crippen LogP) is 1.61. The molecule has 3 heterocycles. The quantitative estimate of drug-likeness (QED) is 0.395. The number of anilines is 1. The fraction of sp³-hybridized carbons (Fsp3) is 0.706. The summed E-state index contributed by atoms with van der Waals surface area (Å²) in [5.41, 5.74) is 0.696. The van der Waals surface area contributed by atoms with Gasteiger partial charge in [-0.15, -0.1) is 0 Å². The minimum atomic E-state index is -4.39. The lowest BCUT2D eigenvalue weighted by molar-refractivity contribution is -0.0581. The van der Waals surface area contributed by atoms with Gasteiger partial charge in [-0.3, -0.25) is 9.13 Å². The summed E-state index contributed by atoms with van der Waals surface area (Å²) in [5.74, 6) is 0.538. The van der Waals surface area contributed by atoms with Gasteiger partial charge in [0.25, 0.3) is 0 Å². The first-order valence-electron chi connectivity index (χ1n) is 9.88. The van der Waals surface area contributed by atoms with Crippen LogP contribution >= 0.6 is 19.2 Å². The van der Waals surface area contributed by atoms with Gasteiger partial charge in [0, 0.05) is 13.1 Å². The monoisotopic (exact) mass is 479 g/mol. The number of alkyl halides is 1. The number of hydrogen-bond acceptors (Lipinski definition) is 8. The average Bonchev–Trinajstić information content (AvgIpc) is 3.42. The van der Waals surface area contributed by atoms with E-state index in [0.717, 1.165) is 25.7 Å². The largest absolute Gasteiger partial charge is 0.387 e. The van der Waals surface area contributed by atoms with Crippen LogP contribution in [0.25, 0.3) is 11.2 Å². The maximum atomic E-state index is 14.9. The van der Waals surface area contributed by atoms with Crippen LogP contribution < -0.4 is 4.90 Å². The van der Waals surface area contributed by atoms with E-state index in [2.05, 4.69) is 15.0 Å². The van der Waals surface area contributed by atoms with Crippen LogP contribution in [-0.2, 0) is 14.0 Å². The van der Waals surface area contributed by atoms with Crippen molar-refractivity contribution in [2.75, 3.05) is 24.9 Å².